The summed E-state index contributed by atoms with van der Waals surface area (Å²) in [5.41, 5.74) is 2.30. The summed E-state index contributed by atoms with van der Waals surface area (Å²) in [6.07, 6.45) is 0.288. The number of amides is 1. The normalized spacial score (nSPS) is 18.7. The first-order valence-corrected chi connectivity index (χ1v) is 10.8. The minimum Gasteiger partial charge on any atom is -0.493 e. The number of fused-ring (bicyclic) bond motifs is 1. The van der Waals surface area contributed by atoms with E-state index in [1.807, 2.05) is 24.3 Å². The lowest BCUT2D eigenvalue weighted by molar-refractivity contribution is -0.142. The molecule has 0 aliphatic carbocycles. The van der Waals surface area contributed by atoms with Crippen molar-refractivity contribution in [3.63, 3.8) is 0 Å². The Bertz CT molecular complexity index is 973. The van der Waals surface area contributed by atoms with Crippen molar-refractivity contribution in [1.29, 1.82) is 0 Å². The Morgan fingerprint density at radius 3 is 2.56 bits per heavy atom. The van der Waals surface area contributed by atoms with E-state index in [0.29, 0.717) is 23.7 Å². The van der Waals surface area contributed by atoms with Crippen LogP contribution < -0.4 is 9.47 Å². The van der Waals surface area contributed by atoms with Crippen LogP contribution in [0.3, 0.4) is 0 Å². The second kappa shape index (κ2) is 10.0. The number of aliphatic carboxylic acids is 1. The van der Waals surface area contributed by atoms with E-state index in [9.17, 15) is 14.7 Å². The smallest absolute Gasteiger partial charge is 0.326 e. The average Bonchev–Trinajstić information content (AvgIpc) is 2.83. The number of methoxy groups -OCH3 is 1. The van der Waals surface area contributed by atoms with Crippen molar-refractivity contribution in [2.75, 3.05) is 46.6 Å². The maximum absolute atomic E-state index is 13.3. The summed E-state index contributed by atoms with van der Waals surface area (Å²) in [6, 6.07) is 11.7. The lowest BCUT2D eigenvalue weighted by atomic mass is 9.93. The van der Waals surface area contributed by atoms with E-state index in [1.165, 1.54) is 4.90 Å². The molecule has 2 aliphatic rings. The van der Waals surface area contributed by atoms with Gasteiger partial charge in [-0.25, -0.2) is 4.79 Å². The third-order valence-corrected chi connectivity index (χ3v) is 5.97. The minimum atomic E-state index is -1.01. The first-order chi connectivity index (χ1) is 15.6. The largest absolute Gasteiger partial charge is 0.493 e. The van der Waals surface area contributed by atoms with Gasteiger partial charge in [0.1, 0.15) is 12.6 Å². The fourth-order valence-electron chi connectivity index (χ4n) is 4.15. The van der Waals surface area contributed by atoms with Gasteiger partial charge < -0.3 is 24.2 Å². The quantitative estimate of drug-likeness (QED) is 0.705. The third kappa shape index (κ3) is 4.87. The molecule has 2 aliphatic heterocycles. The summed E-state index contributed by atoms with van der Waals surface area (Å²) >= 11 is 0. The van der Waals surface area contributed by atoms with Gasteiger partial charge in [0, 0.05) is 38.2 Å². The van der Waals surface area contributed by atoms with Crippen molar-refractivity contribution in [3.8, 4) is 11.5 Å². The van der Waals surface area contributed by atoms with Crippen LogP contribution in [-0.2, 0) is 22.5 Å². The Hall–Kier alpha value is -3.10. The monoisotopic (exact) mass is 440 g/mol. The summed E-state index contributed by atoms with van der Waals surface area (Å²) in [5.74, 6) is -0.353. The van der Waals surface area contributed by atoms with E-state index < -0.39 is 12.0 Å². The topological polar surface area (TPSA) is 88.5 Å². The molecule has 4 rings (SSSR count). The molecule has 2 aromatic rings. The maximum Gasteiger partial charge on any atom is 0.326 e. The fraction of sp³-hybridized carbons (Fsp3) is 0.417. The molecule has 1 N–H and O–H groups in total. The van der Waals surface area contributed by atoms with Crippen LogP contribution in [0.15, 0.2) is 42.5 Å². The van der Waals surface area contributed by atoms with Crippen LogP contribution in [-0.4, -0.2) is 79.4 Å². The van der Waals surface area contributed by atoms with Crippen molar-refractivity contribution in [3.05, 3.63) is 59.2 Å². The van der Waals surface area contributed by atoms with Crippen molar-refractivity contribution in [2.45, 2.75) is 19.0 Å². The number of carbonyl (C=O) groups excluding carboxylic acids is 1. The number of carboxylic acids is 1. The molecule has 1 atom stereocenters. The molecule has 0 spiro atoms. The Kier molecular flexibility index (Phi) is 6.92. The van der Waals surface area contributed by atoms with E-state index >= 15 is 0 Å². The van der Waals surface area contributed by atoms with Crippen LogP contribution in [0, 0.1) is 0 Å². The molecule has 1 saturated heterocycles. The van der Waals surface area contributed by atoms with Crippen LogP contribution in [0.2, 0.25) is 0 Å². The third-order valence-electron chi connectivity index (χ3n) is 5.97. The summed E-state index contributed by atoms with van der Waals surface area (Å²) < 4.78 is 16.7. The molecule has 32 heavy (non-hydrogen) atoms. The van der Waals surface area contributed by atoms with Gasteiger partial charge in [-0.15, -0.1) is 0 Å². The molecule has 1 unspecified atom stereocenters. The second-order valence-electron chi connectivity index (χ2n) is 7.93. The van der Waals surface area contributed by atoms with Gasteiger partial charge in [-0.1, -0.05) is 24.3 Å². The highest BCUT2D eigenvalue weighted by molar-refractivity contribution is 5.97. The number of morpholine rings is 1. The van der Waals surface area contributed by atoms with Crippen molar-refractivity contribution < 1.29 is 28.9 Å². The molecular formula is C24H28N2O6. The van der Waals surface area contributed by atoms with Crippen molar-refractivity contribution in [2.24, 2.45) is 0 Å². The zero-order valence-corrected chi connectivity index (χ0v) is 18.2. The van der Waals surface area contributed by atoms with Crippen molar-refractivity contribution >= 4 is 11.9 Å². The van der Waals surface area contributed by atoms with Gasteiger partial charge in [0.05, 0.1) is 20.3 Å². The highest BCUT2D eigenvalue weighted by atomic mass is 16.5. The van der Waals surface area contributed by atoms with Gasteiger partial charge in [-0.05, 0) is 29.3 Å². The number of hydrogen-bond acceptors (Lipinski definition) is 6. The molecule has 8 nitrogen and oxygen atoms in total. The molecule has 0 aromatic heterocycles. The van der Waals surface area contributed by atoms with E-state index in [1.54, 1.807) is 25.3 Å². The first-order valence-electron chi connectivity index (χ1n) is 10.8. The molecular weight excluding hydrogens is 412 g/mol. The zero-order chi connectivity index (χ0) is 22.5. The van der Waals surface area contributed by atoms with Crippen LogP contribution in [0.4, 0.5) is 0 Å². The van der Waals surface area contributed by atoms with Crippen LogP contribution in [0.5, 0.6) is 11.5 Å². The maximum atomic E-state index is 13.3. The van der Waals surface area contributed by atoms with Gasteiger partial charge in [-0.3, -0.25) is 9.69 Å². The summed E-state index contributed by atoms with van der Waals surface area (Å²) in [6.45, 7) is 4.62. The highest BCUT2D eigenvalue weighted by Crippen LogP contribution is 2.31. The second-order valence-corrected chi connectivity index (χ2v) is 7.93. The standard InChI is InChI=1S/C24H28N2O6/c1-30-21-7-6-18(15-22(21)32-13-10-25-8-11-31-12-9-25)23(27)26-16-19-5-3-2-4-17(19)14-20(26)24(28)29/h2-7,15,20H,8-14,16H2,1H3,(H,28,29). The Labute approximate surface area is 187 Å². The van der Waals surface area contributed by atoms with Gasteiger partial charge in [0.2, 0.25) is 0 Å². The molecule has 1 amide bonds. The number of carbonyl (C=O) groups is 2. The number of nitrogens with zero attached hydrogens (tertiary/aromatic N) is 2. The van der Waals surface area contributed by atoms with E-state index in [0.717, 1.165) is 44.0 Å². The predicted molar refractivity (Wildman–Crippen MR) is 117 cm³/mol. The number of ether oxygens (including phenoxy) is 3. The predicted octanol–water partition coefficient (Wildman–Crippen LogP) is 2.06. The van der Waals surface area contributed by atoms with Gasteiger partial charge >= 0.3 is 5.97 Å². The Morgan fingerprint density at radius 1 is 1.09 bits per heavy atom. The molecule has 8 heteroatoms. The summed E-state index contributed by atoms with van der Waals surface area (Å²) in [5, 5.41) is 9.75. The molecule has 0 bridgehead atoms. The number of hydrogen-bond donors (Lipinski definition) is 1. The average molecular weight is 440 g/mol. The van der Waals surface area contributed by atoms with E-state index in [2.05, 4.69) is 4.90 Å². The summed E-state index contributed by atoms with van der Waals surface area (Å²) in [7, 11) is 1.55. The van der Waals surface area contributed by atoms with Crippen LogP contribution in [0.1, 0.15) is 21.5 Å². The molecule has 0 saturated carbocycles. The van der Waals surface area contributed by atoms with Gasteiger partial charge in [-0.2, -0.15) is 0 Å². The fourth-order valence-corrected chi connectivity index (χ4v) is 4.15. The molecule has 2 aromatic carbocycles. The summed E-state index contributed by atoms with van der Waals surface area (Å²) in [4.78, 5) is 28.9. The first kappa shape index (κ1) is 22.1. The van der Waals surface area contributed by atoms with Gasteiger partial charge in [0.25, 0.3) is 5.91 Å². The van der Waals surface area contributed by atoms with Crippen LogP contribution in [0.25, 0.3) is 0 Å². The Morgan fingerprint density at radius 2 is 1.84 bits per heavy atom. The SMILES string of the molecule is COc1ccc(C(=O)N2Cc3ccccc3CC2C(=O)O)cc1OCCN1CCOCC1. The van der Waals surface area contributed by atoms with Crippen LogP contribution >= 0.6 is 0 Å². The van der Waals surface area contributed by atoms with Crippen molar-refractivity contribution in [1.82, 2.24) is 9.80 Å². The zero-order valence-electron chi connectivity index (χ0n) is 18.2. The Balaban J connectivity index is 1.51. The van der Waals surface area contributed by atoms with E-state index in [4.69, 9.17) is 14.2 Å². The van der Waals surface area contributed by atoms with E-state index in [-0.39, 0.29) is 18.9 Å². The molecule has 1 fully saturated rings. The molecule has 2 heterocycles. The minimum absolute atomic E-state index is 0.255. The molecule has 170 valence electrons. The lowest BCUT2D eigenvalue weighted by Crippen LogP contribution is -2.48. The number of benzene rings is 2. The van der Waals surface area contributed by atoms with Gasteiger partial charge in [0.15, 0.2) is 11.5 Å². The number of rotatable bonds is 7. The molecule has 0 radical (unpaired) electrons. The lowest BCUT2D eigenvalue weighted by Gasteiger charge is -2.34. The number of carboxylic acid groups (broad SMARTS) is 1. The highest BCUT2D eigenvalue weighted by Gasteiger charge is 2.35.